The van der Waals surface area contributed by atoms with Crippen molar-refractivity contribution in [2.45, 2.75) is 52.0 Å². The van der Waals surface area contributed by atoms with Gasteiger partial charge in [0.05, 0.1) is 4.47 Å². The molecule has 0 aromatic heterocycles. The van der Waals surface area contributed by atoms with Crippen molar-refractivity contribution in [3.8, 4) is 0 Å². The van der Waals surface area contributed by atoms with Crippen LogP contribution in [0.15, 0.2) is 22.7 Å². The summed E-state index contributed by atoms with van der Waals surface area (Å²) in [7, 11) is 0. The first-order valence-corrected chi connectivity index (χ1v) is 8.59. The molecule has 0 amide bonds. The molecule has 20 heavy (non-hydrogen) atoms. The van der Waals surface area contributed by atoms with Crippen molar-refractivity contribution in [2.24, 2.45) is 11.8 Å². The fourth-order valence-corrected chi connectivity index (χ4v) is 3.85. The Labute approximate surface area is 130 Å². The molecule has 1 aromatic rings. The Bertz CT molecular complexity index is 435. The molecule has 1 aliphatic rings. The highest BCUT2D eigenvalue weighted by Gasteiger charge is 2.31. The van der Waals surface area contributed by atoms with E-state index in [-0.39, 0.29) is 5.82 Å². The number of hydrogen-bond acceptors (Lipinski definition) is 1. The fraction of sp³-hybridized carbons (Fsp3) is 0.647. The molecule has 1 aliphatic carbocycles. The highest BCUT2D eigenvalue weighted by molar-refractivity contribution is 9.10. The average Bonchev–Trinajstić information content (AvgIpc) is 2.85. The molecule has 3 unspecified atom stereocenters. The summed E-state index contributed by atoms with van der Waals surface area (Å²) in [6, 6.07) is 5.82. The van der Waals surface area contributed by atoms with Gasteiger partial charge in [-0.25, -0.2) is 4.39 Å². The van der Waals surface area contributed by atoms with Crippen LogP contribution >= 0.6 is 15.9 Å². The first-order valence-electron chi connectivity index (χ1n) is 7.79. The molecule has 0 bridgehead atoms. The minimum atomic E-state index is -0.156. The Kier molecular flexibility index (Phi) is 6.03. The molecule has 0 aliphatic heterocycles. The van der Waals surface area contributed by atoms with Crippen LogP contribution in [0.2, 0.25) is 0 Å². The number of benzene rings is 1. The molecule has 3 atom stereocenters. The van der Waals surface area contributed by atoms with Crippen molar-refractivity contribution in [3.05, 3.63) is 34.1 Å². The number of halogens is 2. The van der Waals surface area contributed by atoms with Gasteiger partial charge in [0.25, 0.3) is 0 Å². The summed E-state index contributed by atoms with van der Waals surface area (Å²) in [6.07, 6.45) is 6.02. The zero-order valence-corrected chi connectivity index (χ0v) is 14.0. The third kappa shape index (κ3) is 3.82. The van der Waals surface area contributed by atoms with Crippen LogP contribution in [-0.2, 0) is 6.42 Å². The molecule has 0 spiro atoms. The number of hydrogen-bond donors (Lipinski definition) is 1. The van der Waals surface area contributed by atoms with E-state index < -0.39 is 0 Å². The first kappa shape index (κ1) is 16.0. The van der Waals surface area contributed by atoms with Gasteiger partial charge in [-0.15, -0.1) is 0 Å². The second-order valence-electron chi connectivity index (χ2n) is 6.05. The van der Waals surface area contributed by atoms with Crippen molar-refractivity contribution >= 4 is 15.9 Å². The van der Waals surface area contributed by atoms with Crippen LogP contribution in [0.1, 0.15) is 45.1 Å². The van der Waals surface area contributed by atoms with E-state index in [2.05, 4.69) is 35.1 Å². The van der Waals surface area contributed by atoms with E-state index in [0.29, 0.717) is 10.5 Å². The van der Waals surface area contributed by atoms with E-state index in [1.165, 1.54) is 25.3 Å². The summed E-state index contributed by atoms with van der Waals surface area (Å²) in [5, 5.41) is 3.69. The maximum atomic E-state index is 13.7. The van der Waals surface area contributed by atoms with Crippen LogP contribution in [0.25, 0.3) is 0 Å². The number of nitrogens with one attached hydrogen (secondary N) is 1. The summed E-state index contributed by atoms with van der Waals surface area (Å²) in [5.74, 6) is 1.34. The Morgan fingerprint density at radius 1 is 1.40 bits per heavy atom. The van der Waals surface area contributed by atoms with Crippen LogP contribution in [0.5, 0.6) is 0 Å². The van der Waals surface area contributed by atoms with Gasteiger partial charge in [0.15, 0.2) is 0 Å². The van der Waals surface area contributed by atoms with Crippen molar-refractivity contribution < 1.29 is 4.39 Å². The Balaban J connectivity index is 2.12. The Morgan fingerprint density at radius 2 is 2.20 bits per heavy atom. The summed E-state index contributed by atoms with van der Waals surface area (Å²) in [6.45, 7) is 5.60. The van der Waals surface area contributed by atoms with E-state index in [4.69, 9.17) is 0 Å². The molecule has 1 fully saturated rings. The lowest BCUT2D eigenvalue weighted by Crippen LogP contribution is -2.39. The summed E-state index contributed by atoms with van der Waals surface area (Å²) in [4.78, 5) is 0. The summed E-state index contributed by atoms with van der Waals surface area (Å²) < 4.78 is 14.3. The fourth-order valence-electron chi connectivity index (χ4n) is 3.42. The first-order chi connectivity index (χ1) is 9.63. The number of rotatable bonds is 6. The van der Waals surface area contributed by atoms with Crippen LogP contribution < -0.4 is 5.32 Å². The van der Waals surface area contributed by atoms with Crippen molar-refractivity contribution in [1.29, 1.82) is 0 Å². The SMILES string of the molecule is CCCNC(Cc1cccc(F)c1Br)C1CCCC1C. The Morgan fingerprint density at radius 3 is 2.85 bits per heavy atom. The molecule has 1 saturated carbocycles. The van der Waals surface area contributed by atoms with Gasteiger partial charge in [-0.2, -0.15) is 0 Å². The van der Waals surface area contributed by atoms with E-state index in [0.717, 1.165) is 36.8 Å². The average molecular weight is 342 g/mol. The molecule has 1 N–H and O–H groups in total. The summed E-state index contributed by atoms with van der Waals surface area (Å²) >= 11 is 3.40. The standard InChI is InChI=1S/C17H25BrFN/c1-3-10-20-16(14-8-4-6-12(14)2)11-13-7-5-9-15(19)17(13)18/h5,7,9,12,14,16,20H,3-4,6,8,10-11H2,1-2H3. The Hall–Kier alpha value is -0.410. The molecule has 1 aromatic carbocycles. The minimum Gasteiger partial charge on any atom is -0.313 e. The molecule has 1 nitrogen and oxygen atoms in total. The van der Waals surface area contributed by atoms with E-state index >= 15 is 0 Å². The highest BCUT2D eigenvalue weighted by Crippen LogP contribution is 2.35. The lowest BCUT2D eigenvalue weighted by atomic mass is 9.86. The van der Waals surface area contributed by atoms with Gasteiger partial charge in [0.2, 0.25) is 0 Å². The van der Waals surface area contributed by atoms with Gasteiger partial charge in [0, 0.05) is 6.04 Å². The molecular formula is C17H25BrFN. The van der Waals surface area contributed by atoms with Crippen LogP contribution in [0.3, 0.4) is 0 Å². The van der Waals surface area contributed by atoms with Gasteiger partial charge in [-0.3, -0.25) is 0 Å². The molecule has 3 heteroatoms. The zero-order valence-electron chi connectivity index (χ0n) is 12.5. The van der Waals surface area contributed by atoms with Gasteiger partial charge >= 0.3 is 0 Å². The lowest BCUT2D eigenvalue weighted by Gasteiger charge is -2.28. The topological polar surface area (TPSA) is 12.0 Å². The second-order valence-corrected chi connectivity index (χ2v) is 6.84. The van der Waals surface area contributed by atoms with Gasteiger partial charge in [0.1, 0.15) is 5.82 Å². The van der Waals surface area contributed by atoms with Gasteiger partial charge < -0.3 is 5.32 Å². The predicted molar refractivity (Wildman–Crippen MR) is 86.4 cm³/mol. The molecular weight excluding hydrogens is 317 g/mol. The van der Waals surface area contributed by atoms with Crippen LogP contribution in [-0.4, -0.2) is 12.6 Å². The van der Waals surface area contributed by atoms with Crippen molar-refractivity contribution in [1.82, 2.24) is 5.32 Å². The molecule has 0 saturated heterocycles. The minimum absolute atomic E-state index is 0.156. The quantitative estimate of drug-likeness (QED) is 0.772. The van der Waals surface area contributed by atoms with E-state index in [1.54, 1.807) is 0 Å². The predicted octanol–water partition coefficient (Wildman–Crippen LogP) is 4.94. The molecule has 112 valence electrons. The highest BCUT2D eigenvalue weighted by atomic mass is 79.9. The zero-order chi connectivity index (χ0) is 14.5. The van der Waals surface area contributed by atoms with Crippen molar-refractivity contribution in [2.75, 3.05) is 6.54 Å². The molecule has 0 heterocycles. The summed E-state index contributed by atoms with van der Waals surface area (Å²) in [5.41, 5.74) is 1.08. The second kappa shape index (κ2) is 7.56. The maximum Gasteiger partial charge on any atom is 0.137 e. The van der Waals surface area contributed by atoms with Crippen LogP contribution in [0.4, 0.5) is 4.39 Å². The largest absolute Gasteiger partial charge is 0.313 e. The smallest absolute Gasteiger partial charge is 0.137 e. The van der Waals surface area contributed by atoms with Crippen molar-refractivity contribution in [3.63, 3.8) is 0 Å². The van der Waals surface area contributed by atoms with E-state index in [9.17, 15) is 4.39 Å². The normalized spacial score (nSPS) is 24.0. The molecule has 2 rings (SSSR count). The van der Waals surface area contributed by atoms with E-state index in [1.807, 2.05) is 12.1 Å². The van der Waals surface area contributed by atoms with Crippen LogP contribution in [0, 0.1) is 17.7 Å². The maximum absolute atomic E-state index is 13.7. The third-order valence-electron chi connectivity index (χ3n) is 4.57. The lowest BCUT2D eigenvalue weighted by molar-refractivity contribution is 0.295. The monoisotopic (exact) mass is 341 g/mol. The third-order valence-corrected chi connectivity index (χ3v) is 5.46. The van der Waals surface area contributed by atoms with Gasteiger partial charge in [-0.1, -0.05) is 38.8 Å². The van der Waals surface area contributed by atoms with Gasteiger partial charge in [-0.05, 0) is 65.2 Å². The molecule has 0 radical (unpaired) electrons.